The molecule has 10 heteroatoms. The molecule has 7 nitrogen and oxygen atoms in total. The Bertz CT molecular complexity index is 1550. The van der Waals surface area contributed by atoms with Crippen LogP contribution >= 0.6 is 0 Å². The number of nitrogens with one attached hydrogen (secondary N) is 4. The van der Waals surface area contributed by atoms with Crippen molar-refractivity contribution >= 4 is 45.9 Å². The van der Waals surface area contributed by atoms with Gasteiger partial charge in [0.1, 0.15) is 5.82 Å². The van der Waals surface area contributed by atoms with Gasteiger partial charge in [0.15, 0.2) is 0 Å². The molecule has 0 bridgehead atoms. The van der Waals surface area contributed by atoms with Crippen LogP contribution in [0.1, 0.15) is 29.8 Å². The lowest BCUT2D eigenvalue weighted by molar-refractivity contribution is -0.120. The number of anilines is 6. The van der Waals surface area contributed by atoms with Gasteiger partial charge < -0.3 is 21.3 Å². The molecule has 0 saturated carbocycles. The van der Waals surface area contributed by atoms with E-state index in [9.17, 15) is 22.8 Å². The molecule has 2 heterocycles. The number of carbonyl (C=O) groups is 2. The Morgan fingerprint density at radius 3 is 2.16 bits per heavy atom. The van der Waals surface area contributed by atoms with E-state index in [2.05, 4.69) is 26.3 Å². The predicted molar refractivity (Wildman–Crippen MR) is 140 cm³/mol. The molecule has 0 aliphatic carbocycles. The van der Waals surface area contributed by atoms with E-state index in [1.54, 1.807) is 50.2 Å². The van der Waals surface area contributed by atoms with Crippen LogP contribution in [0.4, 0.5) is 47.3 Å². The quantitative estimate of drug-likeness (QED) is 0.228. The number of rotatable bonds is 5. The number of hydrogen-bond donors (Lipinski definition) is 4. The zero-order valence-electron chi connectivity index (χ0n) is 20.3. The van der Waals surface area contributed by atoms with Crippen molar-refractivity contribution in [1.29, 1.82) is 0 Å². The number of nitrogens with zero attached hydrogens (tertiary/aromatic N) is 1. The molecular weight excluding hydrogens is 495 g/mol. The van der Waals surface area contributed by atoms with Crippen LogP contribution in [0.3, 0.4) is 0 Å². The standard InChI is InChI=1S/C28H22F3N5O2/c1-28(2,27(38)33-17-6-4-16(29)5-7-17)15-3-10-21-23(11-15)35-26(37)20-9-8-18(12-22(20)34-21)32-19-13-24(30)36-25(31)14-19/h3-14,34H,1-2H3,(H,32,36)(H,33,38)(H,35,37). The summed E-state index contributed by atoms with van der Waals surface area (Å²) < 4.78 is 40.1. The summed E-state index contributed by atoms with van der Waals surface area (Å²) in [6.07, 6.45) is 0. The molecule has 1 aliphatic heterocycles. The van der Waals surface area contributed by atoms with Crippen molar-refractivity contribution in [3.8, 4) is 0 Å². The fourth-order valence-corrected chi connectivity index (χ4v) is 4.06. The zero-order chi connectivity index (χ0) is 27.0. The Morgan fingerprint density at radius 1 is 0.763 bits per heavy atom. The highest BCUT2D eigenvalue weighted by Gasteiger charge is 2.31. The molecule has 2 amide bonds. The molecule has 5 rings (SSSR count). The van der Waals surface area contributed by atoms with Gasteiger partial charge in [-0.3, -0.25) is 9.59 Å². The van der Waals surface area contributed by atoms with E-state index >= 15 is 0 Å². The number of benzene rings is 3. The number of carbonyl (C=O) groups excluding carboxylic acids is 2. The van der Waals surface area contributed by atoms with E-state index in [1.165, 1.54) is 24.3 Å². The van der Waals surface area contributed by atoms with Crippen LogP contribution in [0.15, 0.2) is 72.8 Å². The molecule has 38 heavy (non-hydrogen) atoms. The smallest absolute Gasteiger partial charge is 0.257 e. The van der Waals surface area contributed by atoms with Crippen molar-refractivity contribution < 1.29 is 22.8 Å². The highest BCUT2D eigenvalue weighted by Crippen LogP contribution is 2.37. The second kappa shape index (κ2) is 9.55. The minimum absolute atomic E-state index is 0.166. The van der Waals surface area contributed by atoms with Gasteiger partial charge in [0.05, 0.1) is 28.0 Å². The van der Waals surface area contributed by atoms with Gasteiger partial charge in [-0.15, -0.1) is 0 Å². The number of halogens is 3. The first kappa shape index (κ1) is 24.8. The normalized spacial score (nSPS) is 12.4. The molecule has 0 atom stereocenters. The van der Waals surface area contributed by atoms with Gasteiger partial charge in [0.25, 0.3) is 5.91 Å². The fraction of sp³-hybridized carbons (Fsp3) is 0.107. The molecular formula is C28H22F3N5O2. The summed E-state index contributed by atoms with van der Waals surface area (Å²) in [7, 11) is 0. The monoisotopic (exact) mass is 517 g/mol. The lowest BCUT2D eigenvalue weighted by Crippen LogP contribution is -2.34. The second-order valence-corrected chi connectivity index (χ2v) is 9.31. The number of amides is 2. The molecule has 192 valence electrons. The van der Waals surface area contributed by atoms with Crippen LogP contribution in [0.25, 0.3) is 0 Å². The van der Waals surface area contributed by atoms with E-state index in [1.807, 2.05) is 0 Å². The van der Waals surface area contributed by atoms with Gasteiger partial charge in [-0.25, -0.2) is 4.39 Å². The third-order valence-electron chi connectivity index (χ3n) is 6.24. The van der Waals surface area contributed by atoms with E-state index in [4.69, 9.17) is 0 Å². The first-order valence-corrected chi connectivity index (χ1v) is 11.6. The minimum atomic E-state index is -0.987. The second-order valence-electron chi connectivity index (χ2n) is 9.31. The van der Waals surface area contributed by atoms with Crippen LogP contribution in [0.5, 0.6) is 0 Å². The number of aromatic nitrogens is 1. The van der Waals surface area contributed by atoms with E-state index in [-0.39, 0.29) is 17.5 Å². The third kappa shape index (κ3) is 5.01. The summed E-state index contributed by atoms with van der Waals surface area (Å²) in [5.41, 5.74) is 2.68. The maximum absolute atomic E-state index is 13.5. The molecule has 0 fully saturated rings. The number of fused-ring (bicyclic) bond motifs is 2. The molecule has 1 aromatic heterocycles. The maximum Gasteiger partial charge on any atom is 0.257 e. The molecule has 1 aliphatic rings. The Labute approximate surface area is 216 Å². The first-order chi connectivity index (χ1) is 18.1. The van der Waals surface area contributed by atoms with Crippen LogP contribution in [0, 0.1) is 17.7 Å². The molecule has 4 N–H and O–H groups in total. The van der Waals surface area contributed by atoms with Gasteiger partial charge in [0.2, 0.25) is 17.8 Å². The van der Waals surface area contributed by atoms with Crippen molar-refractivity contribution in [3.63, 3.8) is 0 Å². The molecule has 3 aromatic carbocycles. The van der Waals surface area contributed by atoms with Gasteiger partial charge in [0, 0.05) is 29.2 Å². The predicted octanol–water partition coefficient (Wildman–Crippen LogP) is 6.47. The van der Waals surface area contributed by atoms with Crippen LogP contribution < -0.4 is 21.3 Å². The summed E-state index contributed by atoms with van der Waals surface area (Å²) in [5.74, 6) is -3.00. The van der Waals surface area contributed by atoms with Gasteiger partial charge in [-0.1, -0.05) is 6.07 Å². The number of pyridine rings is 1. The maximum atomic E-state index is 13.5. The van der Waals surface area contributed by atoms with Gasteiger partial charge >= 0.3 is 0 Å². The van der Waals surface area contributed by atoms with E-state index < -0.39 is 23.1 Å². The summed E-state index contributed by atoms with van der Waals surface area (Å²) in [5, 5.41) is 11.8. The van der Waals surface area contributed by atoms with E-state index in [0.29, 0.717) is 39.6 Å². The molecule has 0 spiro atoms. The number of hydrogen-bond acceptors (Lipinski definition) is 5. The SMILES string of the molecule is CC(C)(C(=O)Nc1ccc(F)cc1)c1ccc2c(c1)NC(=O)c1ccc(Nc3cc(F)nc(F)c3)cc1N2. The zero-order valence-corrected chi connectivity index (χ0v) is 20.3. The Morgan fingerprint density at radius 2 is 1.45 bits per heavy atom. The topological polar surface area (TPSA) is 95.2 Å². The van der Waals surface area contributed by atoms with Crippen LogP contribution in [0.2, 0.25) is 0 Å². The lowest BCUT2D eigenvalue weighted by atomic mass is 9.83. The van der Waals surface area contributed by atoms with Crippen molar-refractivity contribution in [2.45, 2.75) is 19.3 Å². The van der Waals surface area contributed by atoms with Crippen LogP contribution in [-0.4, -0.2) is 16.8 Å². The van der Waals surface area contributed by atoms with Gasteiger partial charge in [-0.2, -0.15) is 13.8 Å². The third-order valence-corrected chi connectivity index (χ3v) is 6.24. The highest BCUT2D eigenvalue weighted by molar-refractivity contribution is 6.12. The first-order valence-electron chi connectivity index (χ1n) is 11.6. The molecule has 0 saturated heterocycles. The van der Waals surface area contributed by atoms with Crippen molar-refractivity contribution in [2.24, 2.45) is 0 Å². The largest absolute Gasteiger partial charge is 0.355 e. The fourth-order valence-electron chi connectivity index (χ4n) is 4.06. The Kier molecular flexibility index (Phi) is 6.23. The lowest BCUT2D eigenvalue weighted by Gasteiger charge is -2.25. The minimum Gasteiger partial charge on any atom is -0.355 e. The summed E-state index contributed by atoms with van der Waals surface area (Å²) in [6.45, 7) is 3.49. The van der Waals surface area contributed by atoms with Crippen molar-refractivity contribution in [3.05, 3.63) is 102 Å². The average molecular weight is 518 g/mol. The summed E-state index contributed by atoms with van der Waals surface area (Å²) in [6, 6.07) is 17.7. The van der Waals surface area contributed by atoms with Crippen molar-refractivity contribution in [2.75, 3.05) is 21.3 Å². The van der Waals surface area contributed by atoms with Gasteiger partial charge in [-0.05, 0) is 74.0 Å². The van der Waals surface area contributed by atoms with Crippen molar-refractivity contribution in [1.82, 2.24) is 4.98 Å². The van der Waals surface area contributed by atoms with E-state index in [0.717, 1.165) is 12.1 Å². The Hall–Kier alpha value is -4.86. The summed E-state index contributed by atoms with van der Waals surface area (Å²) in [4.78, 5) is 29.1. The molecule has 0 unspecified atom stereocenters. The molecule has 0 radical (unpaired) electrons. The highest BCUT2D eigenvalue weighted by atomic mass is 19.1. The molecule has 4 aromatic rings. The average Bonchev–Trinajstić information content (AvgIpc) is 2.99. The Balaban J connectivity index is 1.40. The summed E-state index contributed by atoms with van der Waals surface area (Å²) >= 11 is 0. The van der Waals surface area contributed by atoms with Crippen LogP contribution in [-0.2, 0) is 10.2 Å².